The average molecular weight is 302 g/mol. The second-order valence-corrected chi connectivity index (χ2v) is 5.02. The third-order valence-corrected chi connectivity index (χ3v) is 2.63. The summed E-state index contributed by atoms with van der Waals surface area (Å²) >= 11 is 5.71. The third-order valence-electron chi connectivity index (χ3n) is 2.38. The Kier molecular flexibility index (Phi) is 5.79. The number of hydrogen-bond acceptors (Lipinski definition) is 4. The first kappa shape index (κ1) is 16.3. The first-order valence-electron chi connectivity index (χ1n) is 5.88. The average Bonchev–Trinajstić information content (AvgIpc) is 2.34. The van der Waals surface area contributed by atoms with Crippen molar-refractivity contribution in [1.29, 1.82) is 0 Å². The largest absolute Gasteiger partial charge is 0.484 e. The second-order valence-electron chi connectivity index (χ2n) is 4.59. The number of rotatable bonds is 7. The molecule has 0 aromatic heterocycles. The van der Waals surface area contributed by atoms with Crippen molar-refractivity contribution in [2.75, 3.05) is 13.2 Å². The van der Waals surface area contributed by atoms with Crippen LogP contribution in [0.1, 0.15) is 13.3 Å². The normalized spacial score (nSPS) is 13.3. The number of nitrogens with one attached hydrogen (secondary N) is 1. The monoisotopic (exact) mass is 301 g/mol. The second kappa shape index (κ2) is 7.12. The van der Waals surface area contributed by atoms with Crippen LogP contribution in [-0.2, 0) is 9.59 Å². The Morgan fingerprint density at radius 2 is 1.95 bits per heavy atom. The minimum absolute atomic E-state index is 0.165. The predicted molar refractivity (Wildman–Crippen MR) is 72.8 cm³/mol. The summed E-state index contributed by atoms with van der Waals surface area (Å²) in [5.41, 5.74) is -1.50. The molecular weight excluding hydrogens is 286 g/mol. The first-order valence-corrected chi connectivity index (χ1v) is 6.25. The van der Waals surface area contributed by atoms with Crippen LogP contribution in [0.4, 0.5) is 0 Å². The van der Waals surface area contributed by atoms with E-state index in [1.807, 2.05) is 0 Å². The van der Waals surface area contributed by atoms with Crippen LogP contribution >= 0.6 is 11.6 Å². The SMILES string of the molecule is CC(O)(CNC(=O)COc1ccc(Cl)cc1)CC(=O)O. The van der Waals surface area contributed by atoms with E-state index in [1.165, 1.54) is 6.92 Å². The Bertz CT molecular complexity index is 472. The molecule has 0 bridgehead atoms. The Balaban J connectivity index is 2.33. The highest BCUT2D eigenvalue weighted by Crippen LogP contribution is 2.15. The third kappa shape index (κ3) is 6.40. The molecule has 1 rings (SSSR count). The maximum atomic E-state index is 11.5. The number of amides is 1. The van der Waals surface area contributed by atoms with Gasteiger partial charge in [0.25, 0.3) is 5.91 Å². The number of ether oxygens (including phenoxy) is 1. The van der Waals surface area contributed by atoms with Gasteiger partial charge < -0.3 is 20.3 Å². The Morgan fingerprint density at radius 1 is 1.35 bits per heavy atom. The van der Waals surface area contributed by atoms with Crippen LogP contribution in [-0.4, -0.2) is 40.8 Å². The van der Waals surface area contributed by atoms with E-state index >= 15 is 0 Å². The molecule has 0 aliphatic rings. The highest BCUT2D eigenvalue weighted by Gasteiger charge is 2.24. The lowest BCUT2D eigenvalue weighted by molar-refractivity contribution is -0.142. The fourth-order valence-electron chi connectivity index (χ4n) is 1.41. The van der Waals surface area contributed by atoms with E-state index < -0.39 is 23.9 Å². The van der Waals surface area contributed by atoms with Gasteiger partial charge >= 0.3 is 5.97 Å². The molecule has 1 amide bonds. The van der Waals surface area contributed by atoms with Crippen LogP contribution in [0.3, 0.4) is 0 Å². The number of aliphatic carboxylic acids is 1. The zero-order valence-corrected chi connectivity index (χ0v) is 11.7. The van der Waals surface area contributed by atoms with Gasteiger partial charge in [-0.3, -0.25) is 9.59 Å². The molecule has 0 fully saturated rings. The van der Waals surface area contributed by atoms with Gasteiger partial charge in [0.15, 0.2) is 6.61 Å². The summed E-state index contributed by atoms with van der Waals surface area (Å²) in [7, 11) is 0. The van der Waals surface area contributed by atoms with Crippen molar-refractivity contribution in [2.24, 2.45) is 0 Å². The van der Waals surface area contributed by atoms with Gasteiger partial charge in [-0.25, -0.2) is 0 Å². The number of hydrogen-bond donors (Lipinski definition) is 3. The van der Waals surface area contributed by atoms with E-state index in [1.54, 1.807) is 24.3 Å². The summed E-state index contributed by atoms with van der Waals surface area (Å²) in [4.78, 5) is 22.0. The molecule has 1 unspecified atom stereocenters. The maximum Gasteiger partial charge on any atom is 0.306 e. The molecule has 7 heteroatoms. The van der Waals surface area contributed by atoms with Crippen molar-refractivity contribution in [2.45, 2.75) is 18.9 Å². The molecule has 0 radical (unpaired) electrons. The van der Waals surface area contributed by atoms with Crippen molar-refractivity contribution in [3.63, 3.8) is 0 Å². The summed E-state index contributed by atoms with van der Waals surface area (Å²) in [5, 5.41) is 21.2. The fraction of sp³-hybridized carbons (Fsp3) is 0.385. The minimum Gasteiger partial charge on any atom is -0.484 e. The molecule has 0 aliphatic heterocycles. The van der Waals surface area contributed by atoms with Gasteiger partial charge in [-0.2, -0.15) is 0 Å². The fourth-order valence-corrected chi connectivity index (χ4v) is 1.53. The molecule has 0 aliphatic carbocycles. The summed E-state index contributed by atoms with van der Waals surface area (Å²) in [6.45, 7) is 0.939. The van der Waals surface area contributed by atoms with Crippen molar-refractivity contribution in [3.05, 3.63) is 29.3 Å². The van der Waals surface area contributed by atoms with Gasteiger partial charge in [-0.1, -0.05) is 11.6 Å². The quantitative estimate of drug-likeness (QED) is 0.700. The van der Waals surface area contributed by atoms with E-state index in [9.17, 15) is 14.7 Å². The predicted octanol–water partition coefficient (Wildman–Crippen LogP) is 1.06. The lowest BCUT2D eigenvalue weighted by Gasteiger charge is -2.21. The molecular formula is C13H16ClNO5. The van der Waals surface area contributed by atoms with Crippen LogP contribution in [0.5, 0.6) is 5.75 Å². The zero-order chi connectivity index (χ0) is 15.2. The van der Waals surface area contributed by atoms with Gasteiger partial charge in [0.2, 0.25) is 0 Å². The standard InChI is InChI=1S/C13H16ClNO5/c1-13(19,6-12(17)18)8-15-11(16)7-20-10-4-2-9(14)3-5-10/h2-5,19H,6-8H2,1H3,(H,15,16)(H,17,18). The van der Waals surface area contributed by atoms with Crippen molar-refractivity contribution >= 4 is 23.5 Å². The van der Waals surface area contributed by atoms with E-state index in [-0.39, 0.29) is 13.2 Å². The van der Waals surface area contributed by atoms with Gasteiger partial charge in [0, 0.05) is 11.6 Å². The van der Waals surface area contributed by atoms with Gasteiger partial charge in [0.05, 0.1) is 12.0 Å². The van der Waals surface area contributed by atoms with Crippen molar-refractivity contribution < 1.29 is 24.5 Å². The Labute approximate surface area is 121 Å². The number of carboxylic acid groups (broad SMARTS) is 1. The first-order chi connectivity index (χ1) is 9.28. The van der Waals surface area contributed by atoms with Gasteiger partial charge in [0.1, 0.15) is 5.75 Å². The number of benzene rings is 1. The van der Waals surface area contributed by atoms with Crippen LogP contribution in [0.15, 0.2) is 24.3 Å². The Hall–Kier alpha value is -1.79. The molecule has 1 atom stereocenters. The van der Waals surface area contributed by atoms with Crippen LogP contribution < -0.4 is 10.1 Å². The minimum atomic E-state index is -1.50. The highest BCUT2D eigenvalue weighted by molar-refractivity contribution is 6.30. The number of carbonyl (C=O) groups excluding carboxylic acids is 1. The molecule has 1 aromatic rings. The van der Waals surface area contributed by atoms with E-state index in [2.05, 4.69) is 5.32 Å². The molecule has 0 saturated heterocycles. The summed E-state index contributed by atoms with van der Waals surface area (Å²) in [6.07, 6.45) is -0.453. The molecule has 3 N–H and O–H groups in total. The molecule has 0 heterocycles. The van der Waals surface area contributed by atoms with E-state index in [4.69, 9.17) is 21.4 Å². The zero-order valence-electron chi connectivity index (χ0n) is 10.9. The summed E-state index contributed by atoms with van der Waals surface area (Å²) < 4.78 is 5.20. The van der Waals surface area contributed by atoms with Crippen molar-refractivity contribution in [1.82, 2.24) is 5.32 Å². The highest BCUT2D eigenvalue weighted by atomic mass is 35.5. The lowest BCUT2D eigenvalue weighted by Crippen LogP contribution is -2.43. The molecule has 0 saturated carbocycles. The maximum absolute atomic E-state index is 11.5. The number of halogens is 1. The molecule has 110 valence electrons. The Morgan fingerprint density at radius 3 is 2.50 bits per heavy atom. The van der Waals surface area contributed by atoms with Crippen LogP contribution in [0.25, 0.3) is 0 Å². The van der Waals surface area contributed by atoms with Crippen LogP contribution in [0, 0.1) is 0 Å². The smallest absolute Gasteiger partial charge is 0.306 e. The molecule has 0 spiro atoms. The van der Waals surface area contributed by atoms with E-state index in [0.29, 0.717) is 10.8 Å². The number of carbonyl (C=O) groups is 2. The van der Waals surface area contributed by atoms with Gasteiger partial charge in [-0.15, -0.1) is 0 Å². The van der Waals surface area contributed by atoms with E-state index in [0.717, 1.165) is 0 Å². The topological polar surface area (TPSA) is 95.9 Å². The number of carboxylic acids is 1. The lowest BCUT2D eigenvalue weighted by atomic mass is 10.0. The molecule has 1 aromatic carbocycles. The van der Waals surface area contributed by atoms with Gasteiger partial charge in [-0.05, 0) is 31.2 Å². The summed E-state index contributed by atoms with van der Waals surface area (Å²) in [5.74, 6) is -1.10. The molecule has 20 heavy (non-hydrogen) atoms. The van der Waals surface area contributed by atoms with Crippen molar-refractivity contribution in [3.8, 4) is 5.75 Å². The van der Waals surface area contributed by atoms with Crippen LogP contribution in [0.2, 0.25) is 5.02 Å². The summed E-state index contributed by atoms with van der Waals surface area (Å²) in [6, 6.07) is 6.51. The number of aliphatic hydroxyl groups is 1. The molecule has 6 nitrogen and oxygen atoms in total.